The highest BCUT2D eigenvalue weighted by molar-refractivity contribution is 5.85. The Balaban J connectivity index is 2.51. The van der Waals surface area contributed by atoms with E-state index in [0.717, 1.165) is 49.8 Å². The number of carboxylic acid groups (broad SMARTS) is 1. The summed E-state index contributed by atoms with van der Waals surface area (Å²) in [5.41, 5.74) is 2.63. The molecule has 1 N–H and O–H groups in total. The van der Waals surface area contributed by atoms with Crippen LogP contribution in [0.1, 0.15) is 37.1 Å². The number of hydrogen-bond acceptors (Lipinski definition) is 3. The second kappa shape index (κ2) is 6.72. The zero-order chi connectivity index (χ0) is 15.4. The summed E-state index contributed by atoms with van der Waals surface area (Å²) in [7, 11) is 0. The molecule has 1 aliphatic heterocycles. The number of rotatable bonds is 5. The molecule has 0 fully saturated rings. The molecule has 1 aromatic heterocycles. The summed E-state index contributed by atoms with van der Waals surface area (Å²) in [5, 5.41) is 8.75. The first-order chi connectivity index (χ1) is 10.1. The van der Waals surface area contributed by atoms with Gasteiger partial charge in [0.05, 0.1) is 0 Å². The highest BCUT2D eigenvalue weighted by atomic mass is 16.4. The van der Waals surface area contributed by atoms with Gasteiger partial charge in [-0.25, -0.2) is 4.79 Å². The standard InChI is InChI=1S/C16H22N2O3/c1-3-8-18-14-7-9-17(4-2)11-13(14)10-12(16(18)21)5-6-15(19)20/h5-6,10H,3-4,7-9,11H2,1-2H3,(H,19,20)/b6-5+. The van der Waals surface area contributed by atoms with Gasteiger partial charge in [0, 0.05) is 43.4 Å². The largest absolute Gasteiger partial charge is 0.478 e. The Kier molecular flexibility index (Phi) is 4.96. The molecule has 0 unspecified atom stereocenters. The summed E-state index contributed by atoms with van der Waals surface area (Å²) < 4.78 is 1.82. The molecule has 0 saturated carbocycles. The molecule has 5 nitrogen and oxygen atoms in total. The van der Waals surface area contributed by atoms with Crippen molar-refractivity contribution in [2.24, 2.45) is 0 Å². The van der Waals surface area contributed by atoms with Gasteiger partial charge in [-0.3, -0.25) is 9.69 Å². The van der Waals surface area contributed by atoms with Crippen molar-refractivity contribution in [2.75, 3.05) is 13.1 Å². The maximum atomic E-state index is 12.5. The van der Waals surface area contributed by atoms with Crippen LogP contribution < -0.4 is 5.56 Å². The molecule has 0 spiro atoms. The zero-order valence-corrected chi connectivity index (χ0v) is 12.6. The Morgan fingerprint density at radius 2 is 2.19 bits per heavy atom. The lowest BCUT2D eigenvalue weighted by molar-refractivity contribution is -0.131. The van der Waals surface area contributed by atoms with Gasteiger partial charge in [0.15, 0.2) is 0 Å². The van der Waals surface area contributed by atoms with E-state index in [1.165, 1.54) is 6.08 Å². The molecule has 0 radical (unpaired) electrons. The highest BCUT2D eigenvalue weighted by Gasteiger charge is 2.20. The lowest BCUT2D eigenvalue weighted by Gasteiger charge is -2.30. The monoisotopic (exact) mass is 290 g/mol. The Morgan fingerprint density at radius 1 is 1.43 bits per heavy atom. The average molecular weight is 290 g/mol. The summed E-state index contributed by atoms with van der Waals surface area (Å²) in [6.45, 7) is 7.62. The third-order valence-corrected chi connectivity index (χ3v) is 3.88. The summed E-state index contributed by atoms with van der Waals surface area (Å²) in [6.07, 6.45) is 4.19. The first kappa shape index (κ1) is 15.5. The van der Waals surface area contributed by atoms with Gasteiger partial charge < -0.3 is 9.67 Å². The molecule has 114 valence electrons. The number of nitrogens with zero attached hydrogens (tertiary/aromatic N) is 2. The fourth-order valence-electron chi connectivity index (χ4n) is 2.81. The predicted octanol–water partition coefficient (Wildman–Crippen LogP) is 1.73. The second-order valence-corrected chi connectivity index (χ2v) is 5.32. The van der Waals surface area contributed by atoms with Crippen LogP contribution in [0, 0.1) is 0 Å². The van der Waals surface area contributed by atoms with Gasteiger partial charge in [-0.1, -0.05) is 13.8 Å². The average Bonchev–Trinajstić information content (AvgIpc) is 2.47. The third kappa shape index (κ3) is 3.42. The molecule has 5 heteroatoms. The van der Waals surface area contributed by atoms with Gasteiger partial charge in [-0.05, 0) is 30.7 Å². The zero-order valence-electron chi connectivity index (χ0n) is 12.6. The number of pyridine rings is 1. The molecule has 0 atom stereocenters. The van der Waals surface area contributed by atoms with Gasteiger partial charge in [0.2, 0.25) is 0 Å². The van der Waals surface area contributed by atoms with E-state index in [1.807, 2.05) is 17.6 Å². The number of carboxylic acids is 1. The van der Waals surface area contributed by atoms with Gasteiger partial charge in [0.25, 0.3) is 5.56 Å². The number of fused-ring (bicyclic) bond motifs is 1. The van der Waals surface area contributed by atoms with Crippen molar-refractivity contribution in [3.63, 3.8) is 0 Å². The molecule has 0 aliphatic carbocycles. The minimum Gasteiger partial charge on any atom is -0.478 e. The van der Waals surface area contributed by atoms with Crippen LogP contribution in [-0.4, -0.2) is 33.6 Å². The maximum absolute atomic E-state index is 12.5. The van der Waals surface area contributed by atoms with Gasteiger partial charge in [0.1, 0.15) is 0 Å². The first-order valence-corrected chi connectivity index (χ1v) is 7.45. The Bertz CT molecular complexity index is 617. The lowest BCUT2D eigenvalue weighted by atomic mass is 10.0. The minimum absolute atomic E-state index is 0.0851. The maximum Gasteiger partial charge on any atom is 0.328 e. The van der Waals surface area contributed by atoms with E-state index in [-0.39, 0.29) is 5.56 Å². The normalized spacial score (nSPS) is 15.3. The van der Waals surface area contributed by atoms with Crippen molar-refractivity contribution in [1.82, 2.24) is 9.47 Å². The topological polar surface area (TPSA) is 62.5 Å². The molecule has 0 bridgehead atoms. The molecule has 2 rings (SSSR count). The number of likely N-dealkylation sites (N-methyl/N-ethyl adjacent to an activating group) is 1. The van der Waals surface area contributed by atoms with Gasteiger partial charge in [-0.2, -0.15) is 0 Å². The Labute approximate surface area is 124 Å². The van der Waals surface area contributed by atoms with Crippen LogP contribution in [0.2, 0.25) is 0 Å². The van der Waals surface area contributed by atoms with E-state index in [2.05, 4.69) is 11.8 Å². The van der Waals surface area contributed by atoms with E-state index in [4.69, 9.17) is 5.11 Å². The SMILES string of the molecule is CCCn1c2c(cc(/C=C/C(=O)O)c1=O)CN(CC)CC2. The van der Waals surface area contributed by atoms with Crippen LogP contribution in [0.15, 0.2) is 16.9 Å². The Morgan fingerprint density at radius 3 is 2.81 bits per heavy atom. The molecule has 0 amide bonds. The fourth-order valence-corrected chi connectivity index (χ4v) is 2.81. The van der Waals surface area contributed by atoms with Gasteiger partial charge >= 0.3 is 5.97 Å². The van der Waals surface area contributed by atoms with Crippen molar-refractivity contribution in [3.8, 4) is 0 Å². The highest BCUT2D eigenvalue weighted by Crippen LogP contribution is 2.19. The number of aliphatic carboxylic acids is 1. The number of carbonyl (C=O) groups is 1. The smallest absolute Gasteiger partial charge is 0.328 e. The molecule has 21 heavy (non-hydrogen) atoms. The summed E-state index contributed by atoms with van der Waals surface area (Å²) >= 11 is 0. The molecule has 1 aromatic rings. The molecule has 2 heterocycles. The minimum atomic E-state index is -1.04. The first-order valence-electron chi connectivity index (χ1n) is 7.45. The van der Waals surface area contributed by atoms with Crippen LogP contribution in [0.5, 0.6) is 0 Å². The van der Waals surface area contributed by atoms with Crippen LogP contribution in [0.4, 0.5) is 0 Å². The summed E-state index contributed by atoms with van der Waals surface area (Å²) in [5.74, 6) is -1.04. The summed E-state index contributed by atoms with van der Waals surface area (Å²) in [6, 6.07) is 1.85. The van der Waals surface area contributed by atoms with E-state index < -0.39 is 5.97 Å². The van der Waals surface area contributed by atoms with Crippen LogP contribution in [0.25, 0.3) is 6.08 Å². The summed E-state index contributed by atoms with van der Waals surface area (Å²) in [4.78, 5) is 25.5. The molecule has 0 saturated heterocycles. The molecular weight excluding hydrogens is 268 g/mol. The van der Waals surface area contributed by atoms with E-state index in [1.54, 1.807) is 0 Å². The number of aromatic nitrogens is 1. The lowest BCUT2D eigenvalue weighted by Crippen LogP contribution is -2.36. The van der Waals surface area contributed by atoms with Crippen LogP contribution in [-0.2, 0) is 24.3 Å². The van der Waals surface area contributed by atoms with E-state index in [0.29, 0.717) is 12.1 Å². The Hall–Kier alpha value is -1.88. The fraction of sp³-hybridized carbons (Fsp3) is 0.500. The van der Waals surface area contributed by atoms with Crippen molar-refractivity contribution >= 4 is 12.0 Å². The molecule has 0 aromatic carbocycles. The van der Waals surface area contributed by atoms with Crippen molar-refractivity contribution < 1.29 is 9.90 Å². The third-order valence-electron chi connectivity index (χ3n) is 3.88. The van der Waals surface area contributed by atoms with Crippen LogP contribution in [0.3, 0.4) is 0 Å². The molecule has 1 aliphatic rings. The van der Waals surface area contributed by atoms with Crippen molar-refractivity contribution in [2.45, 2.75) is 39.8 Å². The molecular formula is C16H22N2O3. The van der Waals surface area contributed by atoms with Gasteiger partial charge in [-0.15, -0.1) is 0 Å². The van der Waals surface area contributed by atoms with Crippen molar-refractivity contribution in [3.05, 3.63) is 39.3 Å². The quantitative estimate of drug-likeness (QED) is 0.839. The van der Waals surface area contributed by atoms with Crippen molar-refractivity contribution in [1.29, 1.82) is 0 Å². The number of hydrogen-bond donors (Lipinski definition) is 1. The second-order valence-electron chi connectivity index (χ2n) is 5.32. The predicted molar refractivity (Wildman–Crippen MR) is 82.3 cm³/mol. The van der Waals surface area contributed by atoms with Crippen LogP contribution >= 0.6 is 0 Å². The van der Waals surface area contributed by atoms with E-state index in [9.17, 15) is 9.59 Å². The van der Waals surface area contributed by atoms with E-state index >= 15 is 0 Å².